The van der Waals surface area contributed by atoms with Gasteiger partial charge in [0.05, 0.1) is 4.90 Å². The smallest absolute Gasteiger partial charge is 0.282 e. The van der Waals surface area contributed by atoms with E-state index in [0.29, 0.717) is 0 Å². The van der Waals surface area contributed by atoms with Gasteiger partial charge in [-0.15, -0.1) is 5.43 Å². The molecule has 0 aliphatic heterocycles. The van der Waals surface area contributed by atoms with Gasteiger partial charge in [-0.2, -0.15) is 8.42 Å². The van der Waals surface area contributed by atoms with Crippen molar-refractivity contribution in [3.8, 4) is 0 Å². The minimum Gasteiger partial charge on any atom is -0.282 e. The molecule has 0 fully saturated rings. The van der Waals surface area contributed by atoms with Gasteiger partial charge >= 0.3 is 0 Å². The van der Waals surface area contributed by atoms with Crippen LogP contribution in [0, 0.1) is 10.1 Å². The van der Waals surface area contributed by atoms with Crippen LogP contribution in [0.2, 0.25) is 0 Å². The molecule has 2 N–H and O–H groups in total. The van der Waals surface area contributed by atoms with Crippen molar-refractivity contribution in [3.05, 3.63) is 34.4 Å². The molecule has 1 rings (SSSR count). The molecule has 77 valence electrons. The summed E-state index contributed by atoms with van der Waals surface area (Å²) in [6.45, 7) is 0. The summed E-state index contributed by atoms with van der Waals surface area (Å²) in [6.07, 6.45) is 0. The van der Waals surface area contributed by atoms with Gasteiger partial charge in [0.1, 0.15) is 5.69 Å². The Morgan fingerprint density at radius 2 is 1.73 bits per heavy atom. The fourth-order valence-corrected chi connectivity index (χ4v) is 1.29. The van der Waals surface area contributed by atoms with E-state index < -0.39 is 15.2 Å². The van der Waals surface area contributed by atoms with Gasteiger partial charge in [0.15, 0.2) is 5.03 Å². The molecule has 0 aromatic heterocycles. The van der Waals surface area contributed by atoms with Crippen molar-refractivity contribution in [2.45, 2.75) is 4.90 Å². The molecule has 0 aliphatic rings. The maximum Gasteiger partial charge on any atom is 0.294 e. The molecular weight excluding hydrogens is 235 g/mol. The zero-order valence-corrected chi connectivity index (χ0v) is 10.6. The fourth-order valence-electron chi connectivity index (χ4n) is 0.807. The molecule has 9 heteroatoms. The van der Waals surface area contributed by atoms with Crippen molar-refractivity contribution >= 4 is 45.4 Å². The van der Waals surface area contributed by atoms with Crippen molar-refractivity contribution in [2.24, 2.45) is 0 Å². The maximum absolute atomic E-state index is 10.6. The molecule has 0 amide bonds. The van der Waals surface area contributed by atoms with E-state index in [4.69, 9.17) is 4.55 Å². The quantitative estimate of drug-likeness (QED) is 0.337. The second kappa shape index (κ2) is 5.42. The minimum absolute atomic E-state index is 0. The standard InChI is InChI=1S/C6H6N2O5S.Na/c9-8(10)7-5-1-3-6(4-2-5)14(11,12)13;/h1-4,7H,(H,11,12,13);. The van der Waals surface area contributed by atoms with Gasteiger partial charge in [-0.05, 0) is 24.3 Å². The van der Waals surface area contributed by atoms with Crippen molar-refractivity contribution in [1.82, 2.24) is 0 Å². The van der Waals surface area contributed by atoms with Crippen molar-refractivity contribution in [2.75, 3.05) is 5.43 Å². The number of nitrogens with one attached hydrogen (secondary N) is 1. The molecule has 1 aromatic rings. The van der Waals surface area contributed by atoms with Gasteiger partial charge in [0.25, 0.3) is 10.1 Å². The topological polar surface area (TPSA) is 110 Å². The van der Waals surface area contributed by atoms with E-state index in [-0.39, 0.29) is 40.1 Å². The van der Waals surface area contributed by atoms with E-state index in [0.717, 1.165) is 12.1 Å². The summed E-state index contributed by atoms with van der Waals surface area (Å²) in [6, 6.07) is 4.46. The van der Waals surface area contributed by atoms with Gasteiger partial charge in [-0.3, -0.25) is 4.55 Å². The van der Waals surface area contributed by atoms with E-state index in [2.05, 4.69) is 0 Å². The zero-order valence-electron chi connectivity index (χ0n) is 7.75. The summed E-state index contributed by atoms with van der Waals surface area (Å²) in [5.74, 6) is 0. The van der Waals surface area contributed by atoms with Crippen LogP contribution in [0.3, 0.4) is 0 Å². The molecule has 0 unspecified atom stereocenters. The Kier molecular flexibility index (Phi) is 5.18. The number of hydrogen-bond donors (Lipinski definition) is 2. The summed E-state index contributed by atoms with van der Waals surface area (Å²) in [7, 11) is -4.25. The van der Waals surface area contributed by atoms with Gasteiger partial charge in [-0.1, -0.05) is 0 Å². The molecule has 0 bridgehead atoms. The summed E-state index contributed by atoms with van der Waals surface area (Å²) < 4.78 is 29.7. The molecule has 1 radical (unpaired) electrons. The molecule has 0 saturated heterocycles. The summed E-state index contributed by atoms with van der Waals surface area (Å²) in [4.78, 5) is 9.66. The first-order valence-electron chi connectivity index (χ1n) is 3.38. The monoisotopic (exact) mass is 241 g/mol. The Morgan fingerprint density at radius 3 is 2.07 bits per heavy atom. The van der Waals surface area contributed by atoms with Crippen LogP contribution in [-0.4, -0.2) is 47.6 Å². The number of hydrogen-bond acceptors (Lipinski definition) is 4. The molecule has 0 aliphatic carbocycles. The van der Waals surface area contributed by atoms with Crippen LogP contribution < -0.4 is 5.43 Å². The third-order valence-electron chi connectivity index (χ3n) is 1.37. The number of anilines is 1. The van der Waals surface area contributed by atoms with E-state index in [1.165, 1.54) is 12.1 Å². The van der Waals surface area contributed by atoms with Crippen LogP contribution in [0.25, 0.3) is 0 Å². The molecule has 0 atom stereocenters. The van der Waals surface area contributed by atoms with Crippen LogP contribution in [0.1, 0.15) is 0 Å². The Labute approximate surface area is 108 Å². The normalized spacial score (nSPS) is 10.2. The summed E-state index contributed by atoms with van der Waals surface area (Å²) >= 11 is 0. The predicted octanol–water partition coefficient (Wildman–Crippen LogP) is 0.156. The number of rotatable bonds is 3. The molecule has 15 heavy (non-hydrogen) atoms. The second-order valence-corrected chi connectivity index (χ2v) is 3.79. The number of benzene rings is 1. The Morgan fingerprint density at radius 1 is 1.27 bits per heavy atom. The first-order valence-corrected chi connectivity index (χ1v) is 4.82. The average molecular weight is 241 g/mol. The van der Waals surface area contributed by atoms with Gasteiger partial charge in [0, 0.05) is 29.6 Å². The Balaban J connectivity index is 0.00000196. The largest absolute Gasteiger partial charge is 0.294 e. The second-order valence-electron chi connectivity index (χ2n) is 2.37. The number of nitro groups is 1. The minimum atomic E-state index is -4.25. The first kappa shape index (κ1) is 14.3. The van der Waals surface area contributed by atoms with Crippen LogP contribution in [0.5, 0.6) is 0 Å². The molecule has 0 spiro atoms. The number of hydrazine groups is 1. The van der Waals surface area contributed by atoms with E-state index in [1.54, 1.807) is 0 Å². The molecular formula is C6H6N2NaO5S. The average Bonchev–Trinajstić information content (AvgIpc) is 2.02. The molecule has 1 aromatic carbocycles. The van der Waals surface area contributed by atoms with Crippen LogP contribution >= 0.6 is 0 Å². The molecule has 7 nitrogen and oxygen atoms in total. The van der Waals surface area contributed by atoms with Crippen molar-refractivity contribution < 1.29 is 18.0 Å². The third-order valence-corrected chi connectivity index (χ3v) is 2.24. The third kappa shape index (κ3) is 4.58. The Hall–Kier alpha value is -0.670. The first-order chi connectivity index (χ1) is 6.39. The van der Waals surface area contributed by atoms with Gasteiger partial charge in [-0.25, -0.2) is 10.1 Å². The molecule has 0 heterocycles. The van der Waals surface area contributed by atoms with Crippen LogP contribution in [-0.2, 0) is 10.1 Å². The SMILES string of the molecule is O=[N+]([O-])Nc1ccc(S(=O)(=O)O)cc1.[Na]. The van der Waals surface area contributed by atoms with Crippen LogP contribution in [0.15, 0.2) is 29.2 Å². The Bertz CT molecular complexity index is 443. The zero-order chi connectivity index (χ0) is 10.8. The van der Waals surface area contributed by atoms with Crippen molar-refractivity contribution in [3.63, 3.8) is 0 Å². The summed E-state index contributed by atoms with van der Waals surface area (Å²) in [5.41, 5.74) is 1.96. The fraction of sp³-hybridized carbons (Fsp3) is 0. The van der Waals surface area contributed by atoms with E-state index in [1.807, 2.05) is 5.43 Å². The van der Waals surface area contributed by atoms with Crippen LogP contribution in [0.4, 0.5) is 5.69 Å². The maximum atomic E-state index is 10.6. The number of nitrogens with zero attached hydrogens (tertiary/aromatic N) is 1. The molecule has 0 saturated carbocycles. The van der Waals surface area contributed by atoms with Gasteiger partial charge < -0.3 is 0 Å². The van der Waals surface area contributed by atoms with E-state index >= 15 is 0 Å². The van der Waals surface area contributed by atoms with Crippen molar-refractivity contribution in [1.29, 1.82) is 0 Å². The van der Waals surface area contributed by atoms with Gasteiger partial charge in [0.2, 0.25) is 0 Å². The summed E-state index contributed by atoms with van der Waals surface area (Å²) in [5, 5.41) is 9.20. The predicted molar refractivity (Wildman–Crippen MR) is 52.6 cm³/mol. The van der Waals surface area contributed by atoms with E-state index in [9.17, 15) is 18.5 Å².